The van der Waals surface area contributed by atoms with E-state index in [4.69, 9.17) is 6.42 Å². The number of amides is 1. The number of nitrogens with zero attached hydrogens (tertiary/aromatic N) is 3. The third-order valence-electron chi connectivity index (χ3n) is 1.85. The minimum Gasteiger partial charge on any atom is -0.354 e. The van der Waals surface area contributed by atoms with Gasteiger partial charge in [-0.15, -0.1) is 17.4 Å². The SMILES string of the molecule is C#CCCCCNC(=O)Cn1ccnn1. The van der Waals surface area contributed by atoms with Crippen molar-refractivity contribution in [3.05, 3.63) is 12.4 Å². The lowest BCUT2D eigenvalue weighted by Gasteiger charge is -2.03. The second kappa shape index (κ2) is 6.60. The molecule has 15 heavy (non-hydrogen) atoms. The van der Waals surface area contributed by atoms with Crippen molar-refractivity contribution in [3.63, 3.8) is 0 Å². The van der Waals surface area contributed by atoms with E-state index in [1.165, 1.54) is 4.68 Å². The van der Waals surface area contributed by atoms with E-state index >= 15 is 0 Å². The fourth-order valence-electron chi connectivity index (χ4n) is 1.10. The largest absolute Gasteiger partial charge is 0.354 e. The van der Waals surface area contributed by atoms with Crippen LogP contribution in [0.25, 0.3) is 0 Å². The summed E-state index contributed by atoms with van der Waals surface area (Å²) in [5.74, 6) is 2.50. The molecule has 5 nitrogen and oxygen atoms in total. The van der Waals surface area contributed by atoms with Gasteiger partial charge in [0.2, 0.25) is 5.91 Å². The lowest BCUT2D eigenvalue weighted by Crippen LogP contribution is -2.28. The number of aromatic nitrogens is 3. The van der Waals surface area contributed by atoms with Gasteiger partial charge < -0.3 is 5.32 Å². The summed E-state index contributed by atoms with van der Waals surface area (Å²) in [4.78, 5) is 11.3. The molecule has 0 unspecified atom stereocenters. The van der Waals surface area contributed by atoms with E-state index in [1.807, 2.05) is 0 Å². The zero-order valence-corrected chi connectivity index (χ0v) is 8.52. The predicted molar refractivity (Wildman–Crippen MR) is 55.7 cm³/mol. The molecule has 1 N–H and O–H groups in total. The van der Waals surface area contributed by atoms with Crippen LogP contribution in [0, 0.1) is 12.3 Å². The van der Waals surface area contributed by atoms with Crippen LogP contribution in [0.3, 0.4) is 0 Å². The lowest BCUT2D eigenvalue weighted by molar-refractivity contribution is -0.121. The van der Waals surface area contributed by atoms with Crippen molar-refractivity contribution in [2.45, 2.75) is 25.8 Å². The van der Waals surface area contributed by atoms with Gasteiger partial charge in [-0.25, -0.2) is 4.68 Å². The van der Waals surface area contributed by atoms with Crippen molar-refractivity contribution >= 4 is 5.91 Å². The molecule has 1 aromatic rings. The Labute approximate surface area is 88.9 Å². The molecule has 0 fully saturated rings. The molecular weight excluding hydrogens is 192 g/mol. The molecule has 1 heterocycles. The number of carbonyl (C=O) groups excluding carboxylic acids is 1. The molecule has 0 aliphatic carbocycles. The van der Waals surface area contributed by atoms with Crippen molar-refractivity contribution in [2.24, 2.45) is 0 Å². The van der Waals surface area contributed by atoms with Gasteiger partial charge in [0.1, 0.15) is 6.54 Å². The smallest absolute Gasteiger partial charge is 0.241 e. The summed E-state index contributed by atoms with van der Waals surface area (Å²) < 4.78 is 1.48. The van der Waals surface area contributed by atoms with Crippen LogP contribution >= 0.6 is 0 Å². The molecule has 0 bridgehead atoms. The van der Waals surface area contributed by atoms with Crippen LogP contribution in [0.15, 0.2) is 12.4 Å². The number of hydrogen-bond donors (Lipinski definition) is 1. The number of rotatable bonds is 6. The first-order valence-electron chi connectivity index (χ1n) is 4.87. The monoisotopic (exact) mass is 206 g/mol. The van der Waals surface area contributed by atoms with Gasteiger partial charge in [-0.3, -0.25) is 4.79 Å². The summed E-state index contributed by atoms with van der Waals surface area (Å²) in [5.41, 5.74) is 0. The van der Waals surface area contributed by atoms with Crippen molar-refractivity contribution < 1.29 is 4.79 Å². The number of terminal acetylenes is 1. The van der Waals surface area contributed by atoms with Gasteiger partial charge in [-0.2, -0.15) is 0 Å². The van der Waals surface area contributed by atoms with E-state index in [1.54, 1.807) is 12.4 Å². The fourth-order valence-corrected chi connectivity index (χ4v) is 1.10. The highest BCUT2D eigenvalue weighted by atomic mass is 16.2. The van der Waals surface area contributed by atoms with Gasteiger partial charge in [-0.05, 0) is 12.8 Å². The van der Waals surface area contributed by atoms with Gasteiger partial charge >= 0.3 is 0 Å². The molecule has 0 aromatic carbocycles. The van der Waals surface area contributed by atoms with E-state index in [-0.39, 0.29) is 12.5 Å². The second-order valence-corrected chi connectivity index (χ2v) is 3.11. The topological polar surface area (TPSA) is 59.8 Å². The summed E-state index contributed by atoms with van der Waals surface area (Å²) in [5, 5.41) is 10.1. The minimum atomic E-state index is -0.0544. The Balaban J connectivity index is 2.07. The van der Waals surface area contributed by atoms with Crippen molar-refractivity contribution in [1.82, 2.24) is 20.3 Å². The lowest BCUT2D eigenvalue weighted by atomic mass is 10.2. The summed E-state index contributed by atoms with van der Waals surface area (Å²) in [7, 11) is 0. The molecule has 80 valence electrons. The van der Waals surface area contributed by atoms with Crippen molar-refractivity contribution in [3.8, 4) is 12.3 Å². The average molecular weight is 206 g/mol. The zero-order valence-electron chi connectivity index (χ0n) is 8.52. The third kappa shape index (κ3) is 4.81. The molecule has 0 spiro atoms. The standard InChI is InChI=1S/C10H14N4O/c1-2-3-4-5-6-11-10(15)9-14-8-7-12-13-14/h1,7-8H,3-6,9H2,(H,11,15). The predicted octanol–water partition coefficient (Wildman–Crippen LogP) is 0.198. The second-order valence-electron chi connectivity index (χ2n) is 3.11. The highest BCUT2D eigenvalue weighted by Crippen LogP contribution is 1.91. The number of nitrogens with one attached hydrogen (secondary N) is 1. The Bertz CT molecular complexity index is 326. The Hall–Kier alpha value is -1.83. The first-order valence-corrected chi connectivity index (χ1v) is 4.87. The van der Waals surface area contributed by atoms with Crippen LogP contribution in [0.1, 0.15) is 19.3 Å². The first kappa shape index (κ1) is 11.2. The van der Waals surface area contributed by atoms with Crippen LogP contribution in [0.2, 0.25) is 0 Å². The summed E-state index contributed by atoms with van der Waals surface area (Å²) in [6.45, 7) is 0.879. The highest BCUT2D eigenvalue weighted by molar-refractivity contribution is 5.75. The Morgan fingerprint density at radius 2 is 2.40 bits per heavy atom. The van der Waals surface area contributed by atoms with Crippen LogP contribution in [-0.2, 0) is 11.3 Å². The minimum absolute atomic E-state index is 0.0544. The summed E-state index contributed by atoms with van der Waals surface area (Å²) in [6, 6.07) is 0. The van der Waals surface area contributed by atoms with E-state index < -0.39 is 0 Å². The molecule has 0 saturated carbocycles. The molecule has 5 heteroatoms. The van der Waals surface area contributed by atoms with Crippen LogP contribution < -0.4 is 5.32 Å². The molecule has 0 atom stereocenters. The molecule has 0 saturated heterocycles. The van der Waals surface area contributed by atoms with Gasteiger partial charge in [-0.1, -0.05) is 5.21 Å². The molecule has 0 aliphatic heterocycles. The molecule has 1 rings (SSSR count). The maximum Gasteiger partial charge on any atom is 0.241 e. The number of hydrogen-bond acceptors (Lipinski definition) is 3. The summed E-state index contributed by atoms with van der Waals surface area (Å²) >= 11 is 0. The normalized spacial score (nSPS) is 9.53. The molecule has 1 amide bonds. The number of carbonyl (C=O) groups is 1. The van der Waals surface area contributed by atoms with E-state index in [9.17, 15) is 4.79 Å². The van der Waals surface area contributed by atoms with E-state index in [2.05, 4.69) is 21.5 Å². The average Bonchev–Trinajstić information content (AvgIpc) is 2.70. The fraction of sp³-hybridized carbons (Fsp3) is 0.500. The first-order chi connectivity index (χ1) is 7.33. The van der Waals surface area contributed by atoms with Gasteiger partial charge in [0.25, 0.3) is 0 Å². The molecule has 1 aromatic heterocycles. The van der Waals surface area contributed by atoms with Crippen LogP contribution in [-0.4, -0.2) is 27.4 Å². The molecule has 0 aliphatic rings. The van der Waals surface area contributed by atoms with Crippen molar-refractivity contribution in [1.29, 1.82) is 0 Å². The maximum atomic E-state index is 11.3. The Morgan fingerprint density at radius 3 is 3.07 bits per heavy atom. The van der Waals surface area contributed by atoms with Crippen LogP contribution in [0.5, 0.6) is 0 Å². The van der Waals surface area contributed by atoms with E-state index in [0.29, 0.717) is 6.54 Å². The molecular formula is C10H14N4O. The third-order valence-corrected chi connectivity index (χ3v) is 1.85. The molecule has 0 radical (unpaired) electrons. The number of unbranched alkanes of at least 4 members (excludes halogenated alkanes) is 2. The maximum absolute atomic E-state index is 11.3. The van der Waals surface area contributed by atoms with Gasteiger partial charge in [0, 0.05) is 19.2 Å². The van der Waals surface area contributed by atoms with Gasteiger partial charge in [0.05, 0.1) is 6.20 Å². The summed E-state index contributed by atoms with van der Waals surface area (Å²) in [6.07, 6.45) is 10.9. The highest BCUT2D eigenvalue weighted by Gasteiger charge is 2.01. The zero-order chi connectivity index (χ0) is 10.9. The Kier molecular flexibility index (Phi) is 4.95. The van der Waals surface area contributed by atoms with Crippen molar-refractivity contribution in [2.75, 3.05) is 6.54 Å². The quantitative estimate of drug-likeness (QED) is 0.534. The van der Waals surface area contributed by atoms with E-state index in [0.717, 1.165) is 19.3 Å². The van der Waals surface area contributed by atoms with Gasteiger partial charge in [0.15, 0.2) is 0 Å². The van der Waals surface area contributed by atoms with Crippen LogP contribution in [0.4, 0.5) is 0 Å². The Morgan fingerprint density at radius 1 is 1.53 bits per heavy atom.